The maximum Gasteiger partial charge on any atom is 0.306 e. The van der Waals surface area contributed by atoms with Gasteiger partial charge in [-0.25, -0.2) is 0 Å². The highest BCUT2D eigenvalue weighted by Crippen LogP contribution is 2.48. The third-order valence-electron chi connectivity index (χ3n) is 2.89. The van der Waals surface area contributed by atoms with Gasteiger partial charge in [-0.3, -0.25) is 4.79 Å². The molecule has 0 aliphatic heterocycles. The number of aliphatic carboxylic acids is 1. The molecule has 1 saturated carbocycles. The molecule has 82 valence electrons. The Bertz CT molecular complexity index is 231. The molecule has 1 rings (SSSR count). The first-order chi connectivity index (χ1) is 9.26. The van der Waals surface area contributed by atoms with E-state index in [2.05, 4.69) is 32.8 Å². The maximum atomic E-state index is 11.3. The Kier molecular flexibility index (Phi) is 1.40. The van der Waals surface area contributed by atoms with E-state index in [0.717, 1.165) is 19.3 Å². The molecule has 0 atom stereocenters. The van der Waals surface area contributed by atoms with E-state index in [-0.39, 0.29) is 22.7 Å². The Balaban J connectivity index is -0.000000425. The third-order valence-corrected chi connectivity index (χ3v) is 2.89. The average molecular weight is 204 g/mol. The first-order valence-electron chi connectivity index (χ1n) is 8.34. The highest BCUT2D eigenvalue weighted by atomic mass is 16.4. The summed E-state index contributed by atoms with van der Waals surface area (Å²) in [6.07, 6.45) is 2.81. The highest BCUT2D eigenvalue weighted by Gasteiger charge is 2.40. The molecule has 1 aliphatic carbocycles. The molecule has 13 heavy (non-hydrogen) atoms. The number of carbonyl (C=O) groups is 1. The van der Waals surface area contributed by atoms with Crippen molar-refractivity contribution in [3.05, 3.63) is 0 Å². The Morgan fingerprint density at radius 2 is 1.92 bits per heavy atom. The van der Waals surface area contributed by atoms with Crippen molar-refractivity contribution < 1.29 is 18.8 Å². The Morgan fingerprint density at radius 1 is 1.46 bits per heavy atom. The van der Waals surface area contributed by atoms with Crippen LogP contribution in [-0.2, 0) is 4.79 Å². The smallest absolute Gasteiger partial charge is 0.306 e. The molecule has 0 saturated heterocycles. The van der Waals surface area contributed by atoms with E-state index in [0.29, 0.717) is 0 Å². The molecule has 0 aromatic heterocycles. The van der Waals surface area contributed by atoms with E-state index in [1.807, 2.05) is 0 Å². The zero-order valence-corrected chi connectivity index (χ0v) is 9.02. The normalized spacial score (nSPS) is 29.7. The van der Waals surface area contributed by atoms with Crippen LogP contribution in [0.3, 0.4) is 0 Å². The highest BCUT2D eigenvalue weighted by molar-refractivity contribution is 5.70. The third kappa shape index (κ3) is 2.71. The number of hydrogen-bond donors (Lipinski definition) is 1. The van der Waals surface area contributed by atoms with Gasteiger partial charge in [0.25, 0.3) is 1.43 Å². The van der Waals surface area contributed by atoms with Crippen molar-refractivity contribution in [3.8, 4) is 0 Å². The predicted octanol–water partition coefficient (Wildman–Crippen LogP) is 3.66. The van der Waals surface area contributed by atoms with Gasteiger partial charge in [0.2, 0.25) is 0 Å². The Morgan fingerprint density at radius 3 is 2.31 bits per heavy atom. The molecule has 0 spiro atoms. The van der Waals surface area contributed by atoms with Crippen LogP contribution in [0.25, 0.3) is 1.43 Å². The van der Waals surface area contributed by atoms with Crippen LogP contribution >= 0.6 is 0 Å². The standard InChI is InChI=1S/C11H20O2.3H2/c1-10(2)5-8(9(12)13)6-11(3,4)7-10;;;/h8H,5-7H2,1-4H3,(H,12,13);3*1H/i;3*1+2T/hT. The van der Waals surface area contributed by atoms with Crippen LogP contribution in [0.4, 0.5) is 0 Å². The SMILES string of the molecule is [3H]OC(=O)C1CC(C)(C)CC(C)(C)C1.[3H][3H].[3H][3H].[3H][3H]. The molecular formula is C11H26O2. The van der Waals surface area contributed by atoms with Crippen LogP contribution in [0.5, 0.6) is 0 Å². The second-order valence-electron chi connectivity index (χ2n) is 5.93. The van der Waals surface area contributed by atoms with Gasteiger partial charge in [0.1, 0.15) is 0 Å². The van der Waals surface area contributed by atoms with Crippen LogP contribution < -0.4 is 0 Å². The number of hydrogen-bond acceptors (Lipinski definition) is 2. The average Bonchev–Trinajstić information content (AvgIpc) is 2.41. The zero-order valence-electron chi connectivity index (χ0n) is 16.0. The molecule has 0 heterocycles. The van der Waals surface area contributed by atoms with Gasteiger partial charge >= 0.3 is 5.97 Å². The summed E-state index contributed by atoms with van der Waals surface area (Å²) in [5.41, 5.74) is 0.362. The van der Waals surface area contributed by atoms with Crippen molar-refractivity contribution in [1.29, 1.82) is 1.43 Å². The lowest BCUT2D eigenvalue weighted by molar-refractivity contribution is -0.146. The minimum Gasteiger partial charge on any atom is -0.481 e. The fraction of sp³-hybridized carbons (Fsp3) is 0.909. The van der Waals surface area contributed by atoms with Gasteiger partial charge in [-0.05, 0) is 30.1 Å². The molecule has 1 fully saturated rings. The van der Waals surface area contributed by atoms with Crippen molar-refractivity contribution in [3.63, 3.8) is 0 Å². The minimum atomic E-state index is -0.370. The van der Waals surface area contributed by atoms with Gasteiger partial charge in [0.05, 0.1) is 5.92 Å². The van der Waals surface area contributed by atoms with E-state index in [1.165, 1.54) is 0 Å². The first-order valence-corrected chi connectivity index (χ1v) is 4.93. The van der Waals surface area contributed by atoms with Crippen molar-refractivity contribution in [2.24, 2.45) is 16.7 Å². The summed E-state index contributed by atoms with van der Waals surface area (Å²) in [5.74, 6) is -0.461. The van der Waals surface area contributed by atoms with Gasteiger partial charge in [-0.1, -0.05) is 27.7 Å². The van der Waals surface area contributed by atoms with Gasteiger partial charge in [-0.15, -0.1) is 0 Å². The van der Waals surface area contributed by atoms with Crippen molar-refractivity contribution in [2.75, 3.05) is 0 Å². The van der Waals surface area contributed by atoms with Gasteiger partial charge in [0.15, 0.2) is 0 Å². The Labute approximate surface area is 91.1 Å². The first kappa shape index (κ1) is 6.05. The zero-order chi connectivity index (χ0) is 17.0. The quantitative estimate of drug-likeness (QED) is 0.707. The lowest BCUT2D eigenvalue weighted by atomic mass is 9.61. The summed E-state index contributed by atoms with van der Waals surface area (Å²) in [6.45, 7) is 8.71. The summed E-state index contributed by atoms with van der Waals surface area (Å²) >= 11 is 0. The van der Waals surface area contributed by atoms with Crippen LogP contribution in [0.1, 0.15) is 55.9 Å². The van der Waals surface area contributed by atoms with Gasteiger partial charge < -0.3 is 5.11 Å². The molecule has 0 aromatic carbocycles. The fourth-order valence-electron chi connectivity index (χ4n) is 3.01. The largest absolute Gasteiger partial charge is 0.481 e. The van der Waals surface area contributed by atoms with E-state index in [1.54, 1.807) is 0 Å². The summed E-state index contributed by atoms with van der Waals surface area (Å²) in [4.78, 5) is 11.3. The number of carboxylic acids is 1. The second-order valence-corrected chi connectivity index (χ2v) is 5.93. The molecule has 0 radical (unpaired) electrons. The molecule has 2 heteroatoms. The van der Waals surface area contributed by atoms with Gasteiger partial charge in [0, 0.05) is 8.91 Å². The monoisotopic (exact) mass is 204 g/mol. The van der Waals surface area contributed by atoms with Crippen LogP contribution in [0, 0.1) is 16.7 Å². The van der Waals surface area contributed by atoms with E-state index < -0.39 is 0 Å². The van der Waals surface area contributed by atoms with Gasteiger partial charge in [-0.2, -0.15) is 0 Å². The lowest BCUT2D eigenvalue weighted by Crippen LogP contribution is -2.36. The molecule has 1 aliphatic rings. The van der Waals surface area contributed by atoms with Crippen molar-refractivity contribution in [2.45, 2.75) is 47.0 Å². The van der Waals surface area contributed by atoms with Crippen LogP contribution in [0.2, 0.25) is 0 Å². The number of rotatable bonds is 1. The van der Waals surface area contributed by atoms with E-state index in [4.69, 9.17) is 10.3 Å². The van der Waals surface area contributed by atoms with E-state index in [9.17, 15) is 4.79 Å². The summed E-state index contributed by atoms with van der Waals surface area (Å²) < 4.78 is 36.7. The molecule has 0 amide bonds. The predicted molar refractivity (Wildman–Crippen MR) is 58.9 cm³/mol. The summed E-state index contributed by atoms with van der Waals surface area (Å²) in [5, 5.41) is 4.09. The summed E-state index contributed by atoms with van der Waals surface area (Å²) in [6, 6.07) is 0. The molecule has 0 aromatic rings. The molecule has 2 nitrogen and oxygen atoms in total. The maximum absolute atomic E-state index is 11.3. The molecule has 0 bridgehead atoms. The van der Waals surface area contributed by atoms with Crippen molar-refractivity contribution in [1.82, 2.24) is 0 Å². The second kappa shape index (κ2) is 3.00. The molecule has 0 unspecified atom stereocenters. The lowest BCUT2D eigenvalue weighted by Gasteiger charge is -2.43. The number of carboxylic acid groups (broad SMARTS) is 1. The van der Waals surface area contributed by atoms with Crippen LogP contribution in [-0.4, -0.2) is 11.1 Å². The van der Waals surface area contributed by atoms with E-state index >= 15 is 0 Å². The molecule has 1 N–H and O–H groups in total. The molecular weight excluding hydrogens is 164 g/mol. The minimum absolute atomic E-state index is 0.0914. The topological polar surface area (TPSA) is 37.3 Å². The van der Waals surface area contributed by atoms with Crippen molar-refractivity contribution >= 4 is 5.97 Å². The fourth-order valence-corrected chi connectivity index (χ4v) is 3.01. The summed E-state index contributed by atoms with van der Waals surface area (Å²) in [7, 11) is 0. The van der Waals surface area contributed by atoms with Crippen LogP contribution in [0.15, 0.2) is 0 Å². The Hall–Kier alpha value is -0.530.